The predicted molar refractivity (Wildman–Crippen MR) is 94.8 cm³/mol. The predicted octanol–water partition coefficient (Wildman–Crippen LogP) is 1.97. The molecule has 128 valence electrons. The first-order valence-corrected chi connectivity index (χ1v) is 7.29. The molecule has 0 unspecified atom stereocenters. The lowest BCUT2D eigenvalue weighted by molar-refractivity contribution is 0.0938. The molecule has 0 aliphatic heterocycles. The van der Waals surface area contributed by atoms with Crippen molar-refractivity contribution in [2.75, 3.05) is 10.7 Å². The molecule has 4 N–H and O–H groups in total. The lowest BCUT2D eigenvalue weighted by atomic mass is 10.2. The van der Waals surface area contributed by atoms with Gasteiger partial charge in [0.15, 0.2) is 0 Å². The van der Waals surface area contributed by atoms with Crippen LogP contribution in [0.25, 0.3) is 0 Å². The maximum absolute atomic E-state index is 12.2. The first-order valence-electron chi connectivity index (χ1n) is 7.29. The van der Waals surface area contributed by atoms with Crippen molar-refractivity contribution in [3.05, 3.63) is 60.2 Å². The number of hydrazine groups is 1. The van der Waals surface area contributed by atoms with E-state index < -0.39 is 11.9 Å². The van der Waals surface area contributed by atoms with E-state index in [1.165, 1.54) is 12.1 Å². The van der Waals surface area contributed by atoms with Crippen LogP contribution in [0.2, 0.25) is 0 Å². The number of hydrogen-bond donors (Lipinski definition) is 4. The highest BCUT2D eigenvalue weighted by Gasteiger charge is 2.12. The Bertz CT molecular complexity index is 895. The highest BCUT2D eigenvalue weighted by Crippen LogP contribution is 2.14. The van der Waals surface area contributed by atoms with E-state index in [1.807, 2.05) is 0 Å². The molecular weight excluding hydrogens is 334 g/mol. The fraction of sp³-hybridized carbons (Fsp3) is 0. The largest absolute Gasteiger partial charge is 0.337 e. The molecule has 3 amide bonds. The van der Waals surface area contributed by atoms with Crippen LogP contribution in [0.15, 0.2) is 59.7 Å². The second-order valence-corrected chi connectivity index (χ2v) is 4.74. The fourth-order valence-corrected chi connectivity index (χ4v) is 1.83. The van der Waals surface area contributed by atoms with Crippen molar-refractivity contribution in [2.45, 2.75) is 0 Å². The zero-order valence-electron chi connectivity index (χ0n) is 13.4. The minimum absolute atomic E-state index is 0.159. The minimum Gasteiger partial charge on any atom is -0.307 e. The van der Waals surface area contributed by atoms with Crippen LogP contribution in [-0.2, 0) is 0 Å². The number of nitriles is 2. The maximum atomic E-state index is 12.2. The lowest BCUT2D eigenvalue weighted by Crippen LogP contribution is -2.44. The average Bonchev–Trinajstić information content (AvgIpc) is 2.68. The summed E-state index contributed by atoms with van der Waals surface area (Å²) in [5.41, 5.74) is 7.56. The van der Waals surface area contributed by atoms with E-state index in [9.17, 15) is 9.59 Å². The van der Waals surface area contributed by atoms with E-state index >= 15 is 0 Å². The zero-order chi connectivity index (χ0) is 18.8. The van der Waals surface area contributed by atoms with Crippen LogP contribution in [-0.4, -0.2) is 17.6 Å². The second-order valence-electron chi connectivity index (χ2n) is 4.74. The molecule has 2 aromatic carbocycles. The van der Waals surface area contributed by atoms with Gasteiger partial charge in [-0.15, -0.1) is 0 Å². The minimum atomic E-state index is -0.621. The third kappa shape index (κ3) is 5.08. The summed E-state index contributed by atoms with van der Waals surface area (Å²) in [6, 6.07) is 17.6. The Balaban J connectivity index is 1.99. The van der Waals surface area contributed by atoms with E-state index in [4.69, 9.17) is 10.5 Å². The molecule has 0 saturated heterocycles. The third-order valence-electron chi connectivity index (χ3n) is 2.99. The number of rotatable bonds is 4. The van der Waals surface area contributed by atoms with Gasteiger partial charge in [0, 0.05) is 5.69 Å². The van der Waals surface area contributed by atoms with Gasteiger partial charge in [-0.3, -0.25) is 15.6 Å². The number of hydrazone groups is 1. The molecule has 26 heavy (non-hydrogen) atoms. The van der Waals surface area contributed by atoms with Gasteiger partial charge in [0.1, 0.15) is 12.1 Å². The molecule has 0 aliphatic carbocycles. The van der Waals surface area contributed by atoms with Crippen LogP contribution >= 0.6 is 0 Å². The number of amides is 3. The Morgan fingerprint density at radius 2 is 1.54 bits per heavy atom. The lowest BCUT2D eigenvalue weighted by Gasteiger charge is -2.11. The first-order chi connectivity index (χ1) is 12.6. The van der Waals surface area contributed by atoms with Gasteiger partial charge in [-0.25, -0.2) is 10.2 Å². The molecule has 2 rings (SSSR count). The fourth-order valence-electron chi connectivity index (χ4n) is 1.83. The summed E-state index contributed by atoms with van der Waals surface area (Å²) in [6.45, 7) is 0. The molecule has 0 aliphatic rings. The smallest absolute Gasteiger partial charge is 0.307 e. The zero-order valence-corrected chi connectivity index (χ0v) is 13.4. The van der Waals surface area contributed by atoms with E-state index in [-0.39, 0.29) is 17.0 Å². The Kier molecular flexibility index (Phi) is 6.26. The third-order valence-corrected chi connectivity index (χ3v) is 2.99. The molecule has 0 heterocycles. The summed E-state index contributed by atoms with van der Waals surface area (Å²) < 4.78 is 0. The number of carbonyl (C=O) groups is 2. The summed E-state index contributed by atoms with van der Waals surface area (Å²) in [4.78, 5) is 24.0. The van der Waals surface area contributed by atoms with Crippen molar-refractivity contribution in [1.29, 1.82) is 10.5 Å². The van der Waals surface area contributed by atoms with Gasteiger partial charge in [0.25, 0.3) is 5.91 Å². The summed E-state index contributed by atoms with van der Waals surface area (Å²) >= 11 is 0. The molecule has 0 saturated carbocycles. The highest BCUT2D eigenvalue weighted by atomic mass is 16.2. The summed E-state index contributed by atoms with van der Waals surface area (Å²) in [6.07, 6.45) is 0. The first kappa shape index (κ1) is 18.0. The summed E-state index contributed by atoms with van der Waals surface area (Å²) in [7, 11) is 0. The normalized spacial score (nSPS) is 9.00. The van der Waals surface area contributed by atoms with Gasteiger partial charge in [-0.05, 0) is 24.3 Å². The van der Waals surface area contributed by atoms with E-state index in [0.29, 0.717) is 5.69 Å². The Hall–Kier alpha value is -4.37. The molecule has 0 radical (unpaired) electrons. The molecule has 0 bridgehead atoms. The van der Waals surface area contributed by atoms with Gasteiger partial charge in [-0.2, -0.15) is 15.6 Å². The Morgan fingerprint density at radius 3 is 2.23 bits per heavy atom. The van der Waals surface area contributed by atoms with Crippen LogP contribution in [0.5, 0.6) is 0 Å². The van der Waals surface area contributed by atoms with Crippen LogP contribution in [0.1, 0.15) is 10.4 Å². The molecule has 2 aromatic rings. The number of benzene rings is 2. The van der Waals surface area contributed by atoms with Gasteiger partial charge < -0.3 is 5.32 Å². The van der Waals surface area contributed by atoms with Gasteiger partial charge in [0.2, 0.25) is 5.71 Å². The quantitative estimate of drug-likeness (QED) is 0.494. The molecule has 9 heteroatoms. The van der Waals surface area contributed by atoms with Crippen molar-refractivity contribution in [3.8, 4) is 12.1 Å². The van der Waals surface area contributed by atoms with Crippen LogP contribution < -0.4 is 21.6 Å². The summed E-state index contributed by atoms with van der Waals surface area (Å²) in [5, 5.41) is 23.5. The van der Waals surface area contributed by atoms with E-state index in [0.717, 1.165) is 0 Å². The number of nitrogens with zero attached hydrogens (tertiary/aromatic N) is 3. The average molecular weight is 347 g/mol. The Morgan fingerprint density at radius 1 is 0.885 bits per heavy atom. The molecule has 0 aromatic heterocycles. The van der Waals surface area contributed by atoms with Crippen molar-refractivity contribution in [1.82, 2.24) is 10.9 Å². The maximum Gasteiger partial charge on any atom is 0.337 e. The van der Waals surface area contributed by atoms with Crippen LogP contribution in [0.3, 0.4) is 0 Å². The van der Waals surface area contributed by atoms with Gasteiger partial charge >= 0.3 is 6.03 Å². The molecule has 9 nitrogen and oxygen atoms in total. The van der Waals surface area contributed by atoms with E-state index in [2.05, 4.69) is 26.7 Å². The monoisotopic (exact) mass is 347 g/mol. The topological polar surface area (TPSA) is 142 Å². The SMILES string of the molecule is N#CC(C#N)=NNc1ccccc1C(=O)NNC(=O)Nc1ccccc1. The molecule has 0 atom stereocenters. The Labute approximate surface area is 148 Å². The number of hydrogen-bond acceptors (Lipinski definition) is 6. The van der Waals surface area contributed by atoms with Crippen LogP contribution in [0.4, 0.5) is 16.2 Å². The van der Waals surface area contributed by atoms with Crippen LogP contribution in [0, 0.1) is 22.7 Å². The number of para-hydroxylation sites is 2. The van der Waals surface area contributed by atoms with Crippen molar-refractivity contribution in [2.24, 2.45) is 5.10 Å². The summed E-state index contributed by atoms with van der Waals surface area (Å²) in [5.74, 6) is -0.609. The van der Waals surface area contributed by atoms with Crippen molar-refractivity contribution < 1.29 is 9.59 Å². The molecule has 0 spiro atoms. The number of anilines is 2. The van der Waals surface area contributed by atoms with Crippen molar-refractivity contribution in [3.63, 3.8) is 0 Å². The molecular formula is C17H13N7O2. The number of urea groups is 1. The van der Waals surface area contributed by atoms with Gasteiger partial charge in [-0.1, -0.05) is 30.3 Å². The second kappa shape index (κ2) is 9.05. The standard InChI is InChI=1S/C17H13N7O2/c18-10-13(11-19)21-22-15-9-5-4-8-14(15)16(25)23-24-17(26)20-12-6-2-1-3-7-12/h1-9,22H,(H,23,25)(H2,20,24,26). The number of carbonyl (C=O) groups excluding carboxylic acids is 2. The van der Waals surface area contributed by atoms with Crippen molar-refractivity contribution >= 4 is 29.0 Å². The molecule has 0 fully saturated rings. The van der Waals surface area contributed by atoms with E-state index in [1.54, 1.807) is 54.6 Å². The van der Waals surface area contributed by atoms with Gasteiger partial charge in [0.05, 0.1) is 11.3 Å². The number of nitrogens with one attached hydrogen (secondary N) is 4. The highest BCUT2D eigenvalue weighted by molar-refractivity contribution is 6.10.